The quantitative estimate of drug-likeness (QED) is 0.650. The molecular weight excluding hydrogens is 447 g/mol. The van der Waals surface area contributed by atoms with Crippen LogP contribution < -0.4 is 5.32 Å². The minimum Gasteiger partial charge on any atom is -0.444 e. The molecular formula is C24H30F3N5O2. The summed E-state index contributed by atoms with van der Waals surface area (Å²) in [5, 5.41) is 8.05. The SMILES string of the molecule is CC(C)(C)OC(=O)N1C[C@H]2CC[C@@H](C1)[C@@H]2Nc1nc2n(n1)CCCC2c1ccc(F)c(F)c1F. The predicted molar refractivity (Wildman–Crippen MR) is 119 cm³/mol. The van der Waals surface area contributed by atoms with Crippen molar-refractivity contribution in [1.29, 1.82) is 0 Å². The monoisotopic (exact) mass is 477 g/mol. The fraction of sp³-hybridized carbons (Fsp3) is 0.625. The summed E-state index contributed by atoms with van der Waals surface area (Å²) in [6.45, 7) is 7.44. The van der Waals surface area contributed by atoms with Gasteiger partial charge in [0.15, 0.2) is 17.5 Å². The van der Waals surface area contributed by atoms with Crippen molar-refractivity contribution < 1.29 is 22.7 Å². The molecule has 2 bridgehead atoms. The second-order valence-electron chi connectivity index (χ2n) is 10.6. The zero-order valence-electron chi connectivity index (χ0n) is 19.7. The number of amides is 1. The van der Waals surface area contributed by atoms with Gasteiger partial charge in [-0.3, -0.25) is 0 Å². The molecule has 10 heteroatoms. The van der Waals surface area contributed by atoms with E-state index in [2.05, 4.69) is 15.4 Å². The molecule has 1 saturated carbocycles. The third-order valence-corrected chi connectivity index (χ3v) is 7.10. The standard InChI is InChI=1S/C24H30F3N5O2/c1-24(2,3)34-23(33)31-11-13-6-7-14(12-31)20(13)28-22-29-21-16(5-4-10-32(21)30-22)15-8-9-17(25)19(27)18(15)26/h8-9,13-14,16,20H,4-7,10-12H2,1-3H3,(H,28,30)/t13-,14+,16?,20-. The van der Waals surface area contributed by atoms with Crippen LogP contribution in [0, 0.1) is 29.3 Å². The fourth-order valence-electron chi connectivity index (χ4n) is 5.60. The van der Waals surface area contributed by atoms with E-state index in [4.69, 9.17) is 4.74 Å². The van der Waals surface area contributed by atoms with Crippen LogP contribution in [0.3, 0.4) is 0 Å². The van der Waals surface area contributed by atoms with Gasteiger partial charge in [-0.2, -0.15) is 4.98 Å². The molecule has 0 radical (unpaired) electrons. The number of carbonyl (C=O) groups is 1. The summed E-state index contributed by atoms with van der Waals surface area (Å²) >= 11 is 0. The van der Waals surface area contributed by atoms with Gasteiger partial charge in [0.1, 0.15) is 11.4 Å². The molecule has 5 rings (SSSR count). The number of anilines is 1. The van der Waals surface area contributed by atoms with Crippen molar-refractivity contribution in [2.45, 2.75) is 70.6 Å². The normalized spacial score (nSPS) is 26.4. The summed E-state index contributed by atoms with van der Waals surface area (Å²) in [4.78, 5) is 19.0. The summed E-state index contributed by atoms with van der Waals surface area (Å²) in [5.41, 5.74) is -0.432. The molecule has 3 aliphatic rings. The molecule has 2 aromatic rings. The minimum atomic E-state index is -1.46. The number of nitrogens with one attached hydrogen (secondary N) is 1. The fourth-order valence-corrected chi connectivity index (χ4v) is 5.60. The Bertz CT molecular complexity index is 1090. The van der Waals surface area contributed by atoms with E-state index < -0.39 is 29.0 Å². The van der Waals surface area contributed by atoms with Crippen LogP contribution in [0.5, 0.6) is 0 Å². The molecule has 4 atom stereocenters. The van der Waals surface area contributed by atoms with Crippen molar-refractivity contribution in [1.82, 2.24) is 19.7 Å². The number of hydrogen-bond donors (Lipinski definition) is 1. The van der Waals surface area contributed by atoms with E-state index in [0.717, 1.165) is 25.3 Å². The highest BCUT2D eigenvalue weighted by Crippen LogP contribution is 2.40. The summed E-state index contributed by atoms with van der Waals surface area (Å²) in [7, 11) is 0. The van der Waals surface area contributed by atoms with Gasteiger partial charge >= 0.3 is 6.09 Å². The first kappa shape index (κ1) is 23.0. The number of carbonyl (C=O) groups excluding carboxylic acids is 1. The maximum atomic E-state index is 14.5. The van der Waals surface area contributed by atoms with E-state index in [1.54, 1.807) is 9.58 Å². The van der Waals surface area contributed by atoms with Crippen molar-refractivity contribution in [3.8, 4) is 0 Å². The Kier molecular flexibility index (Phi) is 5.72. The topological polar surface area (TPSA) is 72.3 Å². The van der Waals surface area contributed by atoms with Crippen LogP contribution in [-0.2, 0) is 11.3 Å². The summed E-state index contributed by atoms with van der Waals surface area (Å²) in [5.74, 6) is -2.79. The molecule has 1 aromatic carbocycles. The average molecular weight is 478 g/mol. The predicted octanol–water partition coefficient (Wildman–Crippen LogP) is 4.68. The van der Waals surface area contributed by atoms with Gasteiger partial charge in [0.25, 0.3) is 0 Å². The first-order valence-electron chi connectivity index (χ1n) is 11.9. The lowest BCUT2D eigenvalue weighted by Crippen LogP contribution is -2.51. The molecule has 7 nitrogen and oxygen atoms in total. The highest BCUT2D eigenvalue weighted by atomic mass is 19.2. The molecule has 1 aromatic heterocycles. The van der Waals surface area contributed by atoms with Gasteiger partial charge < -0.3 is 15.0 Å². The number of likely N-dealkylation sites (tertiary alicyclic amines) is 1. The van der Waals surface area contributed by atoms with Gasteiger partial charge in [0.05, 0.1) is 0 Å². The summed E-state index contributed by atoms with van der Waals surface area (Å²) < 4.78 is 49.1. The summed E-state index contributed by atoms with van der Waals surface area (Å²) in [6.07, 6.45) is 3.03. The maximum Gasteiger partial charge on any atom is 0.410 e. The Morgan fingerprint density at radius 3 is 2.47 bits per heavy atom. The van der Waals surface area contributed by atoms with Crippen LogP contribution in [-0.4, -0.2) is 50.5 Å². The third-order valence-electron chi connectivity index (χ3n) is 7.10. The number of fused-ring (bicyclic) bond motifs is 3. The first-order chi connectivity index (χ1) is 16.1. The van der Waals surface area contributed by atoms with Gasteiger partial charge in [-0.15, -0.1) is 5.10 Å². The molecule has 1 saturated heterocycles. The molecule has 2 fully saturated rings. The molecule has 34 heavy (non-hydrogen) atoms. The Balaban J connectivity index is 1.32. The second-order valence-corrected chi connectivity index (χ2v) is 10.6. The van der Waals surface area contributed by atoms with Crippen LogP contribution >= 0.6 is 0 Å². The number of ether oxygens (including phenoxy) is 1. The van der Waals surface area contributed by atoms with Crippen molar-refractivity contribution in [3.63, 3.8) is 0 Å². The van der Waals surface area contributed by atoms with E-state index in [0.29, 0.717) is 37.8 Å². The van der Waals surface area contributed by atoms with E-state index in [1.165, 1.54) is 6.07 Å². The second kappa shape index (κ2) is 8.46. The first-order valence-corrected chi connectivity index (χ1v) is 11.9. The highest BCUT2D eigenvalue weighted by molar-refractivity contribution is 5.68. The Hall–Kier alpha value is -2.78. The van der Waals surface area contributed by atoms with Gasteiger partial charge in [-0.05, 0) is 64.4 Å². The van der Waals surface area contributed by atoms with Gasteiger partial charge in [0, 0.05) is 37.2 Å². The molecule has 1 aliphatic carbocycles. The van der Waals surface area contributed by atoms with Gasteiger partial charge in [0.2, 0.25) is 5.95 Å². The lowest BCUT2D eigenvalue weighted by atomic mass is 9.90. The smallest absolute Gasteiger partial charge is 0.410 e. The molecule has 1 unspecified atom stereocenters. The molecule has 3 heterocycles. The zero-order chi connectivity index (χ0) is 24.2. The number of rotatable bonds is 3. The number of halogens is 3. The largest absolute Gasteiger partial charge is 0.444 e. The van der Waals surface area contributed by atoms with Crippen molar-refractivity contribution in [2.24, 2.45) is 11.8 Å². The highest BCUT2D eigenvalue weighted by Gasteiger charge is 2.45. The molecule has 2 aliphatic heterocycles. The number of piperidine rings is 1. The number of aromatic nitrogens is 3. The Morgan fingerprint density at radius 2 is 1.79 bits per heavy atom. The van der Waals surface area contributed by atoms with E-state index >= 15 is 0 Å². The van der Waals surface area contributed by atoms with Crippen LogP contribution in [0.4, 0.5) is 23.9 Å². The zero-order valence-corrected chi connectivity index (χ0v) is 19.7. The number of hydrogen-bond acceptors (Lipinski definition) is 5. The Labute approximate surface area is 196 Å². The Morgan fingerprint density at radius 1 is 1.09 bits per heavy atom. The van der Waals surface area contributed by atoms with E-state index in [-0.39, 0.29) is 29.5 Å². The minimum absolute atomic E-state index is 0.101. The lowest BCUT2D eigenvalue weighted by molar-refractivity contribution is 0.0141. The lowest BCUT2D eigenvalue weighted by Gasteiger charge is -2.38. The van der Waals surface area contributed by atoms with Crippen LogP contribution in [0.15, 0.2) is 12.1 Å². The number of nitrogens with zero attached hydrogens (tertiary/aromatic N) is 4. The molecule has 184 valence electrons. The average Bonchev–Trinajstić information content (AvgIpc) is 3.27. The molecule has 1 N–H and O–H groups in total. The van der Waals surface area contributed by atoms with Gasteiger partial charge in [-0.1, -0.05) is 6.07 Å². The summed E-state index contributed by atoms with van der Waals surface area (Å²) in [6, 6.07) is 2.38. The van der Waals surface area contributed by atoms with Crippen molar-refractivity contribution >= 4 is 12.0 Å². The maximum absolute atomic E-state index is 14.5. The van der Waals surface area contributed by atoms with Gasteiger partial charge in [-0.25, -0.2) is 22.6 Å². The van der Waals surface area contributed by atoms with E-state index in [9.17, 15) is 18.0 Å². The third kappa shape index (κ3) is 4.22. The molecule has 1 amide bonds. The van der Waals surface area contributed by atoms with Crippen LogP contribution in [0.25, 0.3) is 0 Å². The molecule has 0 spiro atoms. The van der Waals surface area contributed by atoms with Crippen molar-refractivity contribution in [2.75, 3.05) is 18.4 Å². The van der Waals surface area contributed by atoms with Crippen LogP contribution in [0.1, 0.15) is 63.8 Å². The van der Waals surface area contributed by atoms with Crippen LogP contribution in [0.2, 0.25) is 0 Å². The van der Waals surface area contributed by atoms with Crippen molar-refractivity contribution in [3.05, 3.63) is 41.0 Å². The number of benzene rings is 1. The number of aryl methyl sites for hydroxylation is 1. The van der Waals surface area contributed by atoms with E-state index in [1.807, 2.05) is 20.8 Å².